The zero-order valence-corrected chi connectivity index (χ0v) is 10.9. The lowest BCUT2D eigenvalue weighted by molar-refractivity contribution is 0.0701. The summed E-state index contributed by atoms with van der Waals surface area (Å²) in [5.41, 5.74) is 0.589. The van der Waals surface area contributed by atoms with E-state index in [2.05, 4.69) is 4.98 Å². The van der Waals surface area contributed by atoms with Gasteiger partial charge in [-0.15, -0.1) is 0 Å². The third kappa shape index (κ3) is 2.54. The molecule has 0 aromatic carbocycles. The maximum absolute atomic E-state index is 12.4. The van der Waals surface area contributed by atoms with E-state index >= 15 is 0 Å². The monoisotopic (exact) mass is 268 g/mol. The SMILES string of the molecule is O=C(c1cc(Cl)c[nH]1)N(C[C@@H]1CCOC1)C1CC1. The summed E-state index contributed by atoms with van der Waals surface area (Å²) in [7, 11) is 0. The number of aromatic nitrogens is 1. The second-order valence-electron chi connectivity index (χ2n) is 5.15. The normalized spacial score (nSPS) is 23.3. The molecule has 0 unspecified atom stereocenters. The van der Waals surface area contributed by atoms with Crippen molar-refractivity contribution in [3.63, 3.8) is 0 Å². The van der Waals surface area contributed by atoms with Crippen LogP contribution in [0.15, 0.2) is 12.3 Å². The van der Waals surface area contributed by atoms with Gasteiger partial charge in [-0.3, -0.25) is 4.79 Å². The molecular formula is C13H17ClN2O2. The number of H-pyrrole nitrogens is 1. The molecule has 98 valence electrons. The summed E-state index contributed by atoms with van der Waals surface area (Å²) < 4.78 is 5.38. The second-order valence-corrected chi connectivity index (χ2v) is 5.59. The highest BCUT2D eigenvalue weighted by atomic mass is 35.5. The zero-order valence-electron chi connectivity index (χ0n) is 10.2. The standard InChI is InChI=1S/C13H17ClN2O2/c14-10-5-12(15-6-10)13(17)16(11-1-2-11)7-9-3-4-18-8-9/h5-6,9,11,15H,1-4,7-8H2/t9-/m0/s1. The fourth-order valence-corrected chi connectivity index (χ4v) is 2.60. The lowest BCUT2D eigenvalue weighted by Gasteiger charge is -2.24. The molecule has 2 heterocycles. The third-order valence-corrected chi connectivity index (χ3v) is 3.82. The Morgan fingerprint density at radius 3 is 2.89 bits per heavy atom. The molecule has 1 aliphatic carbocycles. The molecule has 3 rings (SSSR count). The Hall–Kier alpha value is -1.00. The van der Waals surface area contributed by atoms with Gasteiger partial charge in [0.1, 0.15) is 5.69 Å². The maximum Gasteiger partial charge on any atom is 0.270 e. The Kier molecular flexibility index (Phi) is 3.31. The summed E-state index contributed by atoms with van der Waals surface area (Å²) in [6.45, 7) is 2.41. The van der Waals surface area contributed by atoms with Crippen molar-refractivity contribution in [1.82, 2.24) is 9.88 Å². The Bertz CT molecular complexity index is 436. The fraction of sp³-hybridized carbons (Fsp3) is 0.615. The first kappa shape index (κ1) is 12.1. The van der Waals surface area contributed by atoms with Gasteiger partial charge in [-0.25, -0.2) is 0 Å². The Morgan fingerprint density at radius 2 is 2.33 bits per heavy atom. The number of nitrogens with one attached hydrogen (secondary N) is 1. The van der Waals surface area contributed by atoms with Crippen LogP contribution in [0.1, 0.15) is 29.8 Å². The van der Waals surface area contributed by atoms with E-state index in [0.717, 1.165) is 39.0 Å². The van der Waals surface area contributed by atoms with Crippen LogP contribution >= 0.6 is 11.6 Å². The Balaban J connectivity index is 1.70. The van der Waals surface area contributed by atoms with Crippen molar-refractivity contribution in [3.05, 3.63) is 23.0 Å². The summed E-state index contributed by atoms with van der Waals surface area (Å²) in [6, 6.07) is 2.12. The molecule has 2 aliphatic rings. The minimum atomic E-state index is 0.0660. The molecule has 1 saturated carbocycles. The first-order chi connectivity index (χ1) is 8.74. The van der Waals surface area contributed by atoms with Gasteiger partial charge in [-0.1, -0.05) is 11.6 Å². The Labute approximate surface area is 111 Å². The van der Waals surface area contributed by atoms with Crippen molar-refractivity contribution < 1.29 is 9.53 Å². The average molecular weight is 269 g/mol. The molecule has 0 radical (unpaired) electrons. The lowest BCUT2D eigenvalue weighted by Crippen LogP contribution is -2.37. The summed E-state index contributed by atoms with van der Waals surface area (Å²) in [5.74, 6) is 0.552. The predicted molar refractivity (Wildman–Crippen MR) is 68.8 cm³/mol. The molecule has 5 heteroatoms. The summed E-state index contributed by atoms with van der Waals surface area (Å²) in [4.78, 5) is 17.3. The molecule has 2 fully saturated rings. The van der Waals surface area contributed by atoms with Gasteiger partial charge in [0.15, 0.2) is 0 Å². The van der Waals surface area contributed by atoms with Crippen molar-refractivity contribution in [1.29, 1.82) is 0 Å². The smallest absolute Gasteiger partial charge is 0.270 e. The molecule has 4 nitrogen and oxygen atoms in total. The first-order valence-corrected chi connectivity index (χ1v) is 6.84. The molecule has 1 saturated heterocycles. The molecule has 1 aromatic heterocycles. The molecule has 18 heavy (non-hydrogen) atoms. The van der Waals surface area contributed by atoms with Gasteiger partial charge in [0, 0.05) is 31.3 Å². The molecule has 0 spiro atoms. The van der Waals surface area contributed by atoms with Crippen LogP contribution in [0, 0.1) is 5.92 Å². The highest BCUT2D eigenvalue weighted by molar-refractivity contribution is 6.30. The topological polar surface area (TPSA) is 45.3 Å². The molecular weight excluding hydrogens is 252 g/mol. The number of rotatable bonds is 4. The fourth-order valence-electron chi connectivity index (χ4n) is 2.44. The summed E-state index contributed by atoms with van der Waals surface area (Å²) in [6.07, 6.45) is 4.95. The van der Waals surface area contributed by atoms with Crippen LogP contribution in [0.5, 0.6) is 0 Å². The molecule has 1 N–H and O–H groups in total. The van der Waals surface area contributed by atoms with Gasteiger partial charge in [-0.2, -0.15) is 0 Å². The minimum absolute atomic E-state index is 0.0660. The summed E-state index contributed by atoms with van der Waals surface area (Å²) in [5, 5.41) is 0.582. The van der Waals surface area contributed by atoms with Crippen molar-refractivity contribution in [2.75, 3.05) is 19.8 Å². The van der Waals surface area contributed by atoms with E-state index in [1.54, 1.807) is 12.3 Å². The van der Waals surface area contributed by atoms with Crippen LogP contribution < -0.4 is 0 Å². The number of amides is 1. The van der Waals surface area contributed by atoms with Crippen LogP contribution in [0.25, 0.3) is 0 Å². The molecule has 1 aliphatic heterocycles. The minimum Gasteiger partial charge on any atom is -0.381 e. The first-order valence-electron chi connectivity index (χ1n) is 6.46. The number of halogens is 1. The zero-order chi connectivity index (χ0) is 12.5. The quantitative estimate of drug-likeness (QED) is 0.911. The van der Waals surface area contributed by atoms with E-state index in [4.69, 9.17) is 16.3 Å². The van der Waals surface area contributed by atoms with Crippen molar-refractivity contribution >= 4 is 17.5 Å². The number of hydrogen-bond donors (Lipinski definition) is 1. The third-order valence-electron chi connectivity index (χ3n) is 3.61. The molecule has 1 aromatic rings. The number of nitrogens with zero attached hydrogens (tertiary/aromatic N) is 1. The van der Waals surface area contributed by atoms with Gasteiger partial charge >= 0.3 is 0 Å². The van der Waals surface area contributed by atoms with Gasteiger partial charge in [0.05, 0.1) is 11.6 Å². The van der Waals surface area contributed by atoms with E-state index in [-0.39, 0.29) is 5.91 Å². The van der Waals surface area contributed by atoms with Crippen LogP contribution in [0.4, 0.5) is 0 Å². The number of carbonyl (C=O) groups is 1. The van der Waals surface area contributed by atoms with E-state index in [9.17, 15) is 4.79 Å². The lowest BCUT2D eigenvalue weighted by atomic mass is 10.1. The second kappa shape index (κ2) is 4.94. The number of carbonyl (C=O) groups excluding carboxylic acids is 1. The van der Waals surface area contributed by atoms with Crippen LogP contribution in [-0.2, 0) is 4.74 Å². The highest BCUT2D eigenvalue weighted by Gasteiger charge is 2.35. The van der Waals surface area contributed by atoms with E-state index in [1.807, 2.05) is 4.90 Å². The van der Waals surface area contributed by atoms with Gasteiger partial charge in [0.25, 0.3) is 5.91 Å². The van der Waals surface area contributed by atoms with Crippen LogP contribution in [-0.4, -0.2) is 41.6 Å². The van der Waals surface area contributed by atoms with Gasteiger partial charge in [-0.05, 0) is 25.3 Å². The number of aromatic amines is 1. The van der Waals surface area contributed by atoms with Crippen molar-refractivity contribution in [2.24, 2.45) is 5.92 Å². The van der Waals surface area contributed by atoms with E-state index in [0.29, 0.717) is 22.7 Å². The molecule has 1 amide bonds. The van der Waals surface area contributed by atoms with Crippen molar-refractivity contribution in [3.8, 4) is 0 Å². The molecule has 0 bridgehead atoms. The summed E-state index contributed by atoms with van der Waals surface area (Å²) >= 11 is 5.85. The number of ether oxygens (including phenoxy) is 1. The number of hydrogen-bond acceptors (Lipinski definition) is 2. The maximum atomic E-state index is 12.4. The highest BCUT2D eigenvalue weighted by Crippen LogP contribution is 2.30. The van der Waals surface area contributed by atoms with Gasteiger partial charge in [0.2, 0.25) is 0 Å². The van der Waals surface area contributed by atoms with E-state index in [1.165, 1.54) is 0 Å². The van der Waals surface area contributed by atoms with Gasteiger partial charge < -0.3 is 14.6 Å². The Morgan fingerprint density at radius 1 is 1.50 bits per heavy atom. The predicted octanol–water partition coefficient (Wildman–Crippen LogP) is 2.31. The van der Waals surface area contributed by atoms with E-state index < -0.39 is 0 Å². The van der Waals surface area contributed by atoms with Crippen LogP contribution in [0.3, 0.4) is 0 Å². The van der Waals surface area contributed by atoms with Crippen molar-refractivity contribution in [2.45, 2.75) is 25.3 Å². The average Bonchev–Trinajstić information content (AvgIpc) is 2.88. The molecule has 1 atom stereocenters. The largest absolute Gasteiger partial charge is 0.381 e. The van der Waals surface area contributed by atoms with Crippen LogP contribution in [0.2, 0.25) is 5.02 Å².